The number of nitriles is 1. The average molecular weight is 376 g/mol. The normalized spacial score (nSPS) is 17.1. The first kappa shape index (κ1) is 18.9. The summed E-state index contributed by atoms with van der Waals surface area (Å²) in [5, 5.41) is 11.5. The van der Waals surface area contributed by atoms with Gasteiger partial charge in [0, 0.05) is 12.2 Å². The Bertz CT molecular complexity index is 718. The minimum atomic E-state index is -4.63. The summed E-state index contributed by atoms with van der Waals surface area (Å²) in [4.78, 5) is 25.0. The summed E-state index contributed by atoms with van der Waals surface area (Å²) in [6, 6.07) is 5.19. The fourth-order valence-electron chi connectivity index (χ4n) is 2.39. The molecule has 1 fully saturated rings. The summed E-state index contributed by atoms with van der Waals surface area (Å²) in [6.45, 7) is -1.58. The lowest BCUT2D eigenvalue weighted by molar-refractivity contribution is -0.162. The number of likely N-dealkylation sites (tertiary alicyclic amines) is 1. The van der Waals surface area contributed by atoms with E-state index in [1.54, 1.807) is 0 Å². The molecule has 1 aromatic carbocycles. The molecule has 10 heteroatoms. The number of anilines is 1. The van der Waals surface area contributed by atoms with Crippen LogP contribution in [-0.2, 0) is 9.53 Å². The van der Waals surface area contributed by atoms with Crippen molar-refractivity contribution in [3.63, 3.8) is 0 Å². The number of carbonyl (C=O) groups excluding carboxylic acids is 2. The molecule has 0 aliphatic carbocycles. The molecule has 0 saturated carbocycles. The van der Waals surface area contributed by atoms with Gasteiger partial charge in [-0.05, 0) is 31.0 Å². The van der Waals surface area contributed by atoms with E-state index in [1.807, 2.05) is 6.07 Å². The smallest absolute Gasteiger partial charge is 0.422 e. The molecule has 1 atom stereocenters. The van der Waals surface area contributed by atoms with Crippen LogP contribution in [0.5, 0.6) is 0 Å². The Labute approximate surface area is 146 Å². The number of nitrogens with zero attached hydrogens (tertiary/aromatic N) is 2. The molecule has 1 aromatic rings. The summed E-state index contributed by atoms with van der Waals surface area (Å²) in [5.41, 5.74) is 0.544. The number of amides is 2. The molecule has 1 saturated heterocycles. The average Bonchev–Trinajstić information content (AvgIpc) is 3.02. The van der Waals surface area contributed by atoms with Crippen molar-refractivity contribution in [3.8, 4) is 6.07 Å². The summed E-state index contributed by atoms with van der Waals surface area (Å²) in [5.74, 6) is -0.567. The first-order valence-electron chi connectivity index (χ1n) is 7.22. The standard InChI is InChI=1S/C15H13ClF3N3O3/c16-11-6-10(4-3-9(11)7-20)21-13(23)12-2-1-5-22(12)14(24)25-8-15(17,18)19/h3-4,6,12H,1-2,5,8H2,(H,21,23). The molecule has 6 nitrogen and oxygen atoms in total. The van der Waals surface area contributed by atoms with Crippen LogP contribution in [0.25, 0.3) is 0 Å². The zero-order valence-electron chi connectivity index (χ0n) is 12.8. The Morgan fingerprint density at radius 2 is 2.16 bits per heavy atom. The molecular formula is C15H13ClF3N3O3. The predicted octanol–water partition coefficient (Wildman–Crippen LogP) is 3.31. The first-order chi connectivity index (χ1) is 11.7. The second kappa shape index (κ2) is 7.61. The molecule has 1 heterocycles. The van der Waals surface area contributed by atoms with Crippen molar-refractivity contribution in [2.45, 2.75) is 25.1 Å². The molecule has 2 rings (SSSR count). The third-order valence-electron chi connectivity index (χ3n) is 3.51. The first-order valence-corrected chi connectivity index (χ1v) is 7.60. The maximum absolute atomic E-state index is 12.3. The van der Waals surface area contributed by atoms with Gasteiger partial charge in [0.15, 0.2) is 6.61 Å². The fourth-order valence-corrected chi connectivity index (χ4v) is 2.62. The Morgan fingerprint density at radius 3 is 2.76 bits per heavy atom. The Kier molecular flexibility index (Phi) is 5.74. The lowest BCUT2D eigenvalue weighted by Gasteiger charge is -2.23. The minimum absolute atomic E-state index is 0.128. The van der Waals surface area contributed by atoms with Crippen molar-refractivity contribution in [1.29, 1.82) is 5.26 Å². The molecule has 1 unspecified atom stereocenters. The van der Waals surface area contributed by atoms with Crippen molar-refractivity contribution in [2.75, 3.05) is 18.5 Å². The van der Waals surface area contributed by atoms with Gasteiger partial charge in [0.25, 0.3) is 0 Å². The quantitative estimate of drug-likeness (QED) is 0.878. The molecule has 25 heavy (non-hydrogen) atoms. The largest absolute Gasteiger partial charge is 0.440 e. The number of ether oxygens (including phenoxy) is 1. The van der Waals surface area contributed by atoms with E-state index < -0.39 is 30.8 Å². The van der Waals surface area contributed by atoms with E-state index in [0.717, 1.165) is 4.90 Å². The number of rotatable bonds is 3. The zero-order chi connectivity index (χ0) is 18.6. The summed E-state index contributed by atoms with van der Waals surface area (Å²) >= 11 is 5.87. The van der Waals surface area contributed by atoms with Crippen LogP contribution in [0.3, 0.4) is 0 Å². The summed E-state index contributed by atoms with van der Waals surface area (Å²) < 4.78 is 40.6. The van der Waals surface area contributed by atoms with Gasteiger partial charge in [-0.2, -0.15) is 18.4 Å². The zero-order valence-corrected chi connectivity index (χ0v) is 13.5. The van der Waals surface area contributed by atoms with Crippen molar-refractivity contribution in [2.24, 2.45) is 0 Å². The highest BCUT2D eigenvalue weighted by Gasteiger charge is 2.37. The van der Waals surface area contributed by atoms with Gasteiger partial charge < -0.3 is 10.1 Å². The SMILES string of the molecule is N#Cc1ccc(NC(=O)C2CCCN2C(=O)OCC(F)(F)F)cc1Cl. The lowest BCUT2D eigenvalue weighted by Crippen LogP contribution is -2.44. The van der Waals surface area contributed by atoms with Crippen molar-refractivity contribution >= 4 is 29.3 Å². The lowest BCUT2D eigenvalue weighted by atomic mass is 10.2. The molecule has 1 aliphatic rings. The van der Waals surface area contributed by atoms with E-state index in [4.69, 9.17) is 16.9 Å². The van der Waals surface area contributed by atoms with E-state index in [2.05, 4.69) is 10.1 Å². The molecule has 1 aliphatic heterocycles. The van der Waals surface area contributed by atoms with Crippen LogP contribution in [0.15, 0.2) is 18.2 Å². The monoisotopic (exact) mass is 375 g/mol. The van der Waals surface area contributed by atoms with Crippen LogP contribution < -0.4 is 5.32 Å². The number of hydrogen-bond donors (Lipinski definition) is 1. The van der Waals surface area contributed by atoms with Gasteiger partial charge in [0.1, 0.15) is 12.1 Å². The van der Waals surface area contributed by atoms with Crippen LogP contribution in [-0.4, -0.2) is 42.3 Å². The minimum Gasteiger partial charge on any atom is -0.440 e. The van der Waals surface area contributed by atoms with E-state index in [9.17, 15) is 22.8 Å². The van der Waals surface area contributed by atoms with Gasteiger partial charge in [-0.15, -0.1) is 0 Å². The van der Waals surface area contributed by atoms with Gasteiger partial charge in [-0.1, -0.05) is 11.6 Å². The highest BCUT2D eigenvalue weighted by atomic mass is 35.5. The predicted molar refractivity (Wildman–Crippen MR) is 81.9 cm³/mol. The van der Waals surface area contributed by atoms with Crippen LogP contribution in [0, 0.1) is 11.3 Å². The van der Waals surface area contributed by atoms with Crippen LogP contribution in [0.4, 0.5) is 23.7 Å². The Morgan fingerprint density at radius 1 is 1.44 bits per heavy atom. The van der Waals surface area contributed by atoms with E-state index in [1.165, 1.54) is 18.2 Å². The van der Waals surface area contributed by atoms with Crippen molar-refractivity contribution in [3.05, 3.63) is 28.8 Å². The Balaban J connectivity index is 2.01. The topological polar surface area (TPSA) is 82.4 Å². The molecule has 0 aromatic heterocycles. The van der Waals surface area contributed by atoms with Crippen molar-refractivity contribution in [1.82, 2.24) is 4.90 Å². The second-order valence-corrected chi connectivity index (χ2v) is 5.72. The number of hydrogen-bond acceptors (Lipinski definition) is 4. The number of alkyl halides is 3. The molecule has 134 valence electrons. The molecular weight excluding hydrogens is 363 g/mol. The molecule has 0 bridgehead atoms. The highest BCUT2D eigenvalue weighted by molar-refractivity contribution is 6.32. The third kappa shape index (κ3) is 5.00. The molecule has 0 radical (unpaired) electrons. The summed E-state index contributed by atoms with van der Waals surface area (Å²) in [6.07, 6.45) is -5.05. The van der Waals surface area contributed by atoms with Crippen LogP contribution in [0.2, 0.25) is 5.02 Å². The fraction of sp³-hybridized carbons (Fsp3) is 0.400. The van der Waals surface area contributed by atoms with Gasteiger partial charge in [-0.3, -0.25) is 9.69 Å². The second-order valence-electron chi connectivity index (χ2n) is 5.32. The maximum atomic E-state index is 12.3. The third-order valence-corrected chi connectivity index (χ3v) is 3.82. The summed E-state index contributed by atoms with van der Waals surface area (Å²) in [7, 11) is 0. The van der Waals surface area contributed by atoms with E-state index in [-0.39, 0.29) is 17.1 Å². The van der Waals surface area contributed by atoms with E-state index in [0.29, 0.717) is 18.5 Å². The van der Waals surface area contributed by atoms with Crippen LogP contribution in [0.1, 0.15) is 18.4 Å². The number of halogens is 4. The molecule has 2 amide bonds. The van der Waals surface area contributed by atoms with Gasteiger partial charge >= 0.3 is 12.3 Å². The van der Waals surface area contributed by atoms with Gasteiger partial charge in [-0.25, -0.2) is 4.79 Å². The van der Waals surface area contributed by atoms with Crippen LogP contribution >= 0.6 is 11.6 Å². The Hall–Kier alpha value is -2.47. The molecule has 0 spiro atoms. The van der Waals surface area contributed by atoms with Crippen molar-refractivity contribution < 1.29 is 27.5 Å². The maximum Gasteiger partial charge on any atom is 0.422 e. The molecule has 1 N–H and O–H groups in total. The highest BCUT2D eigenvalue weighted by Crippen LogP contribution is 2.24. The van der Waals surface area contributed by atoms with Gasteiger partial charge in [0.05, 0.1) is 10.6 Å². The van der Waals surface area contributed by atoms with E-state index >= 15 is 0 Å². The number of carbonyl (C=O) groups is 2. The number of nitrogens with one attached hydrogen (secondary N) is 1. The van der Waals surface area contributed by atoms with Gasteiger partial charge in [0.2, 0.25) is 5.91 Å². The number of benzene rings is 1.